The molecule has 2 saturated heterocycles. The van der Waals surface area contributed by atoms with Crippen LogP contribution in [-0.4, -0.2) is 76.7 Å². The summed E-state index contributed by atoms with van der Waals surface area (Å²) in [5.41, 5.74) is 0. The lowest BCUT2D eigenvalue weighted by Gasteiger charge is -2.23. The lowest BCUT2D eigenvalue weighted by Crippen LogP contribution is -2.41. The zero-order chi connectivity index (χ0) is 17.1. The summed E-state index contributed by atoms with van der Waals surface area (Å²) in [5, 5.41) is 2.66. The first-order valence-corrected chi connectivity index (χ1v) is 11.4. The first-order chi connectivity index (χ1) is 10.7. The summed E-state index contributed by atoms with van der Waals surface area (Å²) in [4.78, 5) is 11.9. The number of hydrogen-bond donors (Lipinski definition) is 1. The summed E-state index contributed by atoms with van der Waals surface area (Å²) < 4.78 is 53.1. The highest BCUT2D eigenvalue weighted by Crippen LogP contribution is 2.15. The summed E-state index contributed by atoms with van der Waals surface area (Å²) in [6.45, 7) is 0.965. The fourth-order valence-corrected chi connectivity index (χ4v) is 5.38. The Balaban J connectivity index is 1.81. The third kappa shape index (κ3) is 6.02. The Labute approximate surface area is 137 Å². The molecule has 1 N–H and O–H groups in total. The SMILES string of the molecule is CS(=O)(=O)N(CCC(=O)NC1CCS(=O)(=O)C1)CC1CCCO1. The van der Waals surface area contributed by atoms with Gasteiger partial charge in [-0.2, -0.15) is 4.31 Å². The van der Waals surface area contributed by atoms with E-state index in [9.17, 15) is 21.6 Å². The van der Waals surface area contributed by atoms with Crippen LogP contribution in [0.5, 0.6) is 0 Å². The van der Waals surface area contributed by atoms with E-state index < -0.39 is 19.9 Å². The van der Waals surface area contributed by atoms with Gasteiger partial charge in [-0.25, -0.2) is 16.8 Å². The van der Waals surface area contributed by atoms with Crippen LogP contribution in [0.4, 0.5) is 0 Å². The van der Waals surface area contributed by atoms with Gasteiger partial charge in [0, 0.05) is 32.2 Å². The smallest absolute Gasteiger partial charge is 0.221 e. The van der Waals surface area contributed by atoms with Crippen LogP contribution < -0.4 is 5.32 Å². The number of sulfone groups is 1. The number of hydrogen-bond acceptors (Lipinski definition) is 6. The zero-order valence-electron chi connectivity index (χ0n) is 13.2. The van der Waals surface area contributed by atoms with Gasteiger partial charge in [-0.1, -0.05) is 0 Å². The predicted octanol–water partition coefficient (Wildman–Crippen LogP) is -0.880. The maximum Gasteiger partial charge on any atom is 0.221 e. The van der Waals surface area contributed by atoms with Crippen molar-refractivity contribution in [1.29, 1.82) is 0 Å². The Kier molecular flexibility index (Phi) is 6.04. The van der Waals surface area contributed by atoms with Crippen LogP contribution in [-0.2, 0) is 29.4 Å². The number of amides is 1. The lowest BCUT2D eigenvalue weighted by molar-refractivity contribution is -0.121. The molecule has 2 unspecified atom stereocenters. The van der Waals surface area contributed by atoms with Gasteiger partial charge in [0.25, 0.3) is 0 Å². The van der Waals surface area contributed by atoms with E-state index in [1.165, 1.54) is 4.31 Å². The highest BCUT2D eigenvalue weighted by molar-refractivity contribution is 7.91. The van der Waals surface area contributed by atoms with E-state index in [4.69, 9.17) is 4.74 Å². The molecule has 1 amide bonds. The van der Waals surface area contributed by atoms with Crippen LogP contribution in [0, 0.1) is 0 Å². The van der Waals surface area contributed by atoms with E-state index in [0.29, 0.717) is 13.0 Å². The largest absolute Gasteiger partial charge is 0.377 e. The average Bonchev–Trinajstić information content (AvgIpc) is 3.02. The molecule has 0 aromatic carbocycles. The molecule has 0 radical (unpaired) electrons. The Morgan fingerprint density at radius 3 is 2.61 bits per heavy atom. The van der Waals surface area contributed by atoms with Crippen molar-refractivity contribution in [3.8, 4) is 0 Å². The summed E-state index contributed by atoms with van der Waals surface area (Å²) >= 11 is 0. The fraction of sp³-hybridized carbons (Fsp3) is 0.923. The van der Waals surface area contributed by atoms with E-state index >= 15 is 0 Å². The van der Waals surface area contributed by atoms with Gasteiger partial charge >= 0.3 is 0 Å². The molecule has 134 valence electrons. The quantitative estimate of drug-likeness (QED) is 0.625. The first-order valence-electron chi connectivity index (χ1n) is 7.72. The second-order valence-electron chi connectivity index (χ2n) is 6.17. The van der Waals surface area contributed by atoms with Gasteiger partial charge in [-0.05, 0) is 19.3 Å². The van der Waals surface area contributed by atoms with Crippen molar-refractivity contribution in [3.63, 3.8) is 0 Å². The summed E-state index contributed by atoms with van der Waals surface area (Å²) in [5.74, 6) is -0.273. The second kappa shape index (κ2) is 7.45. The highest BCUT2D eigenvalue weighted by Gasteiger charge is 2.29. The molecule has 10 heteroatoms. The molecule has 23 heavy (non-hydrogen) atoms. The number of ether oxygens (including phenoxy) is 1. The normalized spacial score (nSPS) is 27.4. The molecular weight excluding hydrogens is 344 g/mol. The topological polar surface area (TPSA) is 110 Å². The van der Waals surface area contributed by atoms with Crippen LogP contribution in [0.15, 0.2) is 0 Å². The number of carbonyl (C=O) groups is 1. The van der Waals surface area contributed by atoms with Crippen molar-refractivity contribution in [1.82, 2.24) is 9.62 Å². The molecule has 2 heterocycles. The molecule has 8 nitrogen and oxygen atoms in total. The Bertz CT molecular complexity index is 625. The van der Waals surface area contributed by atoms with Crippen molar-refractivity contribution in [2.24, 2.45) is 0 Å². The Morgan fingerprint density at radius 2 is 2.09 bits per heavy atom. The van der Waals surface area contributed by atoms with Crippen LogP contribution >= 0.6 is 0 Å². The van der Waals surface area contributed by atoms with Crippen molar-refractivity contribution in [2.75, 3.05) is 37.5 Å². The monoisotopic (exact) mass is 368 g/mol. The number of rotatable bonds is 7. The molecule has 0 aromatic heterocycles. The average molecular weight is 368 g/mol. The molecule has 2 atom stereocenters. The van der Waals surface area contributed by atoms with E-state index in [-0.39, 0.29) is 49.1 Å². The molecule has 0 aromatic rings. The zero-order valence-corrected chi connectivity index (χ0v) is 14.9. The maximum atomic E-state index is 11.9. The lowest BCUT2D eigenvalue weighted by atomic mass is 10.2. The molecule has 2 aliphatic rings. The third-order valence-electron chi connectivity index (χ3n) is 4.09. The summed E-state index contributed by atoms with van der Waals surface area (Å²) in [6, 6.07) is -0.364. The van der Waals surface area contributed by atoms with E-state index in [2.05, 4.69) is 5.32 Å². The van der Waals surface area contributed by atoms with Crippen molar-refractivity contribution in [3.05, 3.63) is 0 Å². The van der Waals surface area contributed by atoms with Gasteiger partial charge < -0.3 is 10.1 Å². The number of nitrogens with zero attached hydrogens (tertiary/aromatic N) is 1. The minimum Gasteiger partial charge on any atom is -0.377 e. The van der Waals surface area contributed by atoms with Gasteiger partial charge in [0.05, 0.1) is 23.9 Å². The molecule has 0 saturated carbocycles. The molecule has 0 bridgehead atoms. The summed E-state index contributed by atoms with van der Waals surface area (Å²) in [7, 11) is -6.47. The van der Waals surface area contributed by atoms with Gasteiger partial charge in [0.2, 0.25) is 15.9 Å². The standard InChI is InChI=1S/C13H24N2O6S2/c1-22(17,18)15(9-12-3-2-7-21-12)6-4-13(16)14-11-5-8-23(19,20)10-11/h11-12H,2-10H2,1H3,(H,14,16). The molecule has 2 fully saturated rings. The van der Waals surface area contributed by atoms with Crippen LogP contribution in [0.2, 0.25) is 0 Å². The van der Waals surface area contributed by atoms with E-state index in [1.807, 2.05) is 0 Å². The highest BCUT2D eigenvalue weighted by atomic mass is 32.2. The van der Waals surface area contributed by atoms with Gasteiger partial charge in [-0.15, -0.1) is 0 Å². The van der Waals surface area contributed by atoms with E-state index in [0.717, 1.165) is 19.1 Å². The fourth-order valence-electron chi connectivity index (χ4n) is 2.84. The van der Waals surface area contributed by atoms with Gasteiger partial charge in [0.1, 0.15) is 0 Å². The van der Waals surface area contributed by atoms with E-state index in [1.54, 1.807) is 0 Å². The predicted molar refractivity (Wildman–Crippen MR) is 85.2 cm³/mol. The van der Waals surface area contributed by atoms with Gasteiger partial charge in [0.15, 0.2) is 9.84 Å². The minimum absolute atomic E-state index is 0.0103. The number of nitrogens with one attached hydrogen (secondary N) is 1. The van der Waals surface area contributed by atoms with Crippen LogP contribution in [0.3, 0.4) is 0 Å². The Hall–Kier alpha value is -0.710. The third-order valence-corrected chi connectivity index (χ3v) is 7.12. The van der Waals surface area contributed by atoms with Crippen molar-refractivity contribution < 1.29 is 26.4 Å². The maximum absolute atomic E-state index is 11.9. The molecule has 0 aliphatic carbocycles. The number of sulfonamides is 1. The first kappa shape index (κ1) is 18.6. The van der Waals surface area contributed by atoms with Crippen LogP contribution in [0.1, 0.15) is 25.7 Å². The molecular formula is C13H24N2O6S2. The number of carbonyl (C=O) groups excluding carboxylic acids is 1. The van der Waals surface area contributed by atoms with Crippen molar-refractivity contribution >= 4 is 25.8 Å². The van der Waals surface area contributed by atoms with Crippen LogP contribution in [0.25, 0.3) is 0 Å². The minimum atomic E-state index is -3.42. The molecule has 0 spiro atoms. The van der Waals surface area contributed by atoms with Crippen molar-refractivity contribution in [2.45, 2.75) is 37.8 Å². The second-order valence-corrected chi connectivity index (χ2v) is 10.4. The summed E-state index contributed by atoms with van der Waals surface area (Å²) in [6.07, 6.45) is 3.16. The Morgan fingerprint density at radius 1 is 1.35 bits per heavy atom. The molecule has 2 rings (SSSR count). The van der Waals surface area contributed by atoms with Gasteiger partial charge in [-0.3, -0.25) is 4.79 Å². The molecule has 2 aliphatic heterocycles.